The van der Waals surface area contributed by atoms with Gasteiger partial charge >= 0.3 is 0 Å². The third-order valence-electron chi connectivity index (χ3n) is 1.89. The molecule has 0 amide bonds. The van der Waals surface area contributed by atoms with E-state index in [0.29, 0.717) is 0 Å². The maximum atomic E-state index is 2.31. The molecule has 2 heterocycles. The van der Waals surface area contributed by atoms with Gasteiger partial charge in [0.1, 0.15) is 0 Å². The molecule has 0 aromatic carbocycles. The molecule has 0 aliphatic carbocycles. The van der Waals surface area contributed by atoms with Crippen LogP contribution in [0, 0.1) is 0 Å². The van der Waals surface area contributed by atoms with Crippen LogP contribution in [0.25, 0.3) is 0 Å². The number of hydrogen-bond donors (Lipinski definition) is 0. The van der Waals surface area contributed by atoms with Crippen molar-refractivity contribution < 1.29 is 0 Å². The predicted octanol–water partition coefficient (Wildman–Crippen LogP) is 2.86. The van der Waals surface area contributed by atoms with Gasteiger partial charge < -0.3 is 4.90 Å². The summed E-state index contributed by atoms with van der Waals surface area (Å²) in [6.45, 7) is 1.17. The molecule has 0 bridgehead atoms. The number of hydrogen-bond acceptors (Lipinski definition) is 2. The zero-order chi connectivity index (χ0) is 7.52. The van der Waals surface area contributed by atoms with Crippen LogP contribution in [-0.2, 0) is 0 Å². The van der Waals surface area contributed by atoms with Crippen molar-refractivity contribution in [3.63, 3.8) is 0 Å². The van der Waals surface area contributed by atoms with E-state index in [1.165, 1.54) is 25.1 Å². The predicted molar refractivity (Wildman–Crippen MR) is 50.0 cm³/mol. The topological polar surface area (TPSA) is 3.24 Å². The first-order chi connectivity index (χ1) is 5.47. The van der Waals surface area contributed by atoms with Crippen LogP contribution in [0.15, 0.2) is 29.1 Å². The van der Waals surface area contributed by atoms with Gasteiger partial charge in [-0.15, -0.1) is 0 Å². The van der Waals surface area contributed by atoms with Gasteiger partial charge in [0.25, 0.3) is 0 Å². The van der Waals surface area contributed by atoms with E-state index in [1.807, 2.05) is 0 Å². The number of allylic oxidation sites excluding steroid dienone is 1. The summed E-state index contributed by atoms with van der Waals surface area (Å²) in [6.07, 6.45) is 6.94. The largest absolute Gasteiger partial charge is 0.348 e. The molecule has 0 radical (unpaired) electrons. The zero-order valence-electron chi connectivity index (χ0n) is 6.36. The molecule has 1 nitrogen and oxygen atoms in total. The second-order valence-electron chi connectivity index (χ2n) is 2.70. The van der Waals surface area contributed by atoms with E-state index in [9.17, 15) is 0 Å². The molecule has 1 aliphatic heterocycles. The van der Waals surface area contributed by atoms with Crippen LogP contribution in [0.5, 0.6) is 0 Å². The average Bonchev–Trinajstić information content (AvgIpc) is 2.58. The summed E-state index contributed by atoms with van der Waals surface area (Å²) in [5.74, 6) is 0. The van der Waals surface area contributed by atoms with E-state index < -0.39 is 0 Å². The van der Waals surface area contributed by atoms with Crippen molar-refractivity contribution >= 4 is 17.0 Å². The lowest BCUT2D eigenvalue weighted by Crippen LogP contribution is -2.19. The first-order valence-electron chi connectivity index (χ1n) is 3.92. The molecule has 0 spiro atoms. The summed E-state index contributed by atoms with van der Waals surface area (Å²) in [7, 11) is 0. The molecule has 58 valence electrons. The molecule has 2 heteroatoms. The Balaban J connectivity index is 2.16. The molecule has 0 N–H and O–H groups in total. The Morgan fingerprint density at radius 2 is 2.45 bits per heavy atom. The molecule has 0 saturated carbocycles. The Hall–Kier alpha value is -0.760. The fraction of sp³-hybridized carbons (Fsp3) is 0.333. The summed E-state index contributed by atoms with van der Waals surface area (Å²) in [5, 5.41) is 4.31. The Kier molecular flexibility index (Phi) is 1.95. The quantitative estimate of drug-likeness (QED) is 0.618. The van der Waals surface area contributed by atoms with Crippen LogP contribution < -0.4 is 4.90 Å². The SMILES string of the molecule is C1=CN(c2ccsc2)CCC1. The highest BCUT2D eigenvalue weighted by atomic mass is 32.1. The van der Waals surface area contributed by atoms with E-state index in [0.717, 1.165) is 0 Å². The molecule has 2 rings (SSSR count). The normalized spacial score (nSPS) is 17.3. The van der Waals surface area contributed by atoms with E-state index in [-0.39, 0.29) is 0 Å². The van der Waals surface area contributed by atoms with Crippen molar-refractivity contribution in [2.45, 2.75) is 12.8 Å². The van der Waals surface area contributed by atoms with Gasteiger partial charge in [-0.25, -0.2) is 0 Å². The van der Waals surface area contributed by atoms with Crippen molar-refractivity contribution in [2.75, 3.05) is 11.4 Å². The van der Waals surface area contributed by atoms with Gasteiger partial charge in [-0.2, -0.15) is 11.3 Å². The molecule has 1 aromatic heterocycles. The van der Waals surface area contributed by atoms with Crippen molar-refractivity contribution in [1.82, 2.24) is 0 Å². The first kappa shape index (κ1) is 6.92. The number of nitrogens with zero attached hydrogens (tertiary/aromatic N) is 1. The smallest absolute Gasteiger partial charge is 0.0514 e. The summed E-state index contributed by atoms with van der Waals surface area (Å²) in [4.78, 5) is 2.31. The summed E-state index contributed by atoms with van der Waals surface area (Å²) < 4.78 is 0. The van der Waals surface area contributed by atoms with Gasteiger partial charge in [-0.1, -0.05) is 6.08 Å². The summed E-state index contributed by atoms with van der Waals surface area (Å²) in [5.41, 5.74) is 1.34. The van der Waals surface area contributed by atoms with Gasteiger partial charge in [0.2, 0.25) is 0 Å². The third kappa shape index (κ3) is 1.46. The minimum Gasteiger partial charge on any atom is -0.348 e. The molecule has 0 unspecified atom stereocenters. The Bertz CT molecular complexity index is 238. The third-order valence-corrected chi connectivity index (χ3v) is 2.56. The highest BCUT2D eigenvalue weighted by molar-refractivity contribution is 7.08. The van der Waals surface area contributed by atoms with Gasteiger partial charge in [0.15, 0.2) is 0 Å². The number of rotatable bonds is 1. The van der Waals surface area contributed by atoms with Gasteiger partial charge in [0, 0.05) is 18.1 Å². The van der Waals surface area contributed by atoms with Crippen molar-refractivity contribution in [2.24, 2.45) is 0 Å². The van der Waals surface area contributed by atoms with Crippen LogP contribution in [-0.4, -0.2) is 6.54 Å². The minimum atomic E-state index is 1.17. The molecule has 1 aromatic rings. The number of anilines is 1. The second kappa shape index (κ2) is 3.09. The molecular weight excluding hydrogens is 154 g/mol. The molecule has 11 heavy (non-hydrogen) atoms. The Morgan fingerprint density at radius 3 is 3.09 bits per heavy atom. The van der Waals surface area contributed by atoms with E-state index in [2.05, 4.69) is 34.0 Å². The summed E-state index contributed by atoms with van der Waals surface area (Å²) in [6, 6.07) is 2.17. The van der Waals surface area contributed by atoms with Crippen molar-refractivity contribution in [1.29, 1.82) is 0 Å². The van der Waals surface area contributed by atoms with E-state index in [4.69, 9.17) is 0 Å². The Labute approximate surface area is 71.0 Å². The van der Waals surface area contributed by atoms with Gasteiger partial charge in [-0.3, -0.25) is 0 Å². The van der Waals surface area contributed by atoms with Gasteiger partial charge in [0.05, 0.1) is 5.69 Å². The van der Waals surface area contributed by atoms with Crippen LogP contribution in [0.2, 0.25) is 0 Å². The van der Waals surface area contributed by atoms with Crippen LogP contribution in [0.1, 0.15) is 12.8 Å². The Morgan fingerprint density at radius 1 is 1.45 bits per heavy atom. The standard InChI is InChI=1S/C9H11NS/c1-2-5-10(6-3-1)9-4-7-11-8-9/h2,4-5,7-8H,1,3,6H2. The van der Waals surface area contributed by atoms with E-state index in [1.54, 1.807) is 11.3 Å². The summed E-state index contributed by atoms with van der Waals surface area (Å²) >= 11 is 1.76. The van der Waals surface area contributed by atoms with Crippen molar-refractivity contribution in [3.8, 4) is 0 Å². The monoisotopic (exact) mass is 165 g/mol. The fourth-order valence-corrected chi connectivity index (χ4v) is 1.94. The molecule has 1 aliphatic rings. The molecular formula is C9H11NS. The van der Waals surface area contributed by atoms with Gasteiger partial charge in [-0.05, 0) is 24.3 Å². The highest BCUT2D eigenvalue weighted by Crippen LogP contribution is 2.20. The fourth-order valence-electron chi connectivity index (χ4n) is 1.29. The second-order valence-corrected chi connectivity index (χ2v) is 3.48. The van der Waals surface area contributed by atoms with E-state index >= 15 is 0 Å². The van der Waals surface area contributed by atoms with Crippen molar-refractivity contribution in [3.05, 3.63) is 29.1 Å². The van der Waals surface area contributed by atoms with Crippen LogP contribution >= 0.6 is 11.3 Å². The van der Waals surface area contributed by atoms with Crippen LogP contribution in [0.3, 0.4) is 0 Å². The number of thiophene rings is 1. The highest BCUT2D eigenvalue weighted by Gasteiger charge is 2.04. The first-order valence-corrected chi connectivity index (χ1v) is 4.86. The lowest BCUT2D eigenvalue weighted by atomic mass is 10.2. The average molecular weight is 165 g/mol. The lowest BCUT2D eigenvalue weighted by molar-refractivity contribution is 0.787. The van der Waals surface area contributed by atoms with Crippen LogP contribution in [0.4, 0.5) is 5.69 Å². The minimum absolute atomic E-state index is 1.17. The zero-order valence-corrected chi connectivity index (χ0v) is 7.18. The molecule has 0 atom stereocenters. The molecule has 0 fully saturated rings. The maximum Gasteiger partial charge on any atom is 0.0514 e. The molecule has 0 saturated heterocycles. The lowest BCUT2D eigenvalue weighted by Gasteiger charge is -2.21. The maximum absolute atomic E-state index is 2.31.